The maximum absolute atomic E-state index is 12.5. The smallest absolute Gasteiger partial charge is 0.411 e. The fraction of sp³-hybridized carbons (Fsp3) is 0.259. The number of hydrogen-bond donors (Lipinski definition) is 2. The number of anilines is 1. The Bertz CT molecular complexity index is 1250. The number of nitrogens with zero attached hydrogens (tertiary/aromatic N) is 2. The van der Waals surface area contributed by atoms with Crippen molar-refractivity contribution in [1.82, 2.24) is 9.88 Å². The Balaban J connectivity index is 1.17. The molecular weight excluding hydrogens is 446 g/mol. The third-order valence-electron chi connectivity index (χ3n) is 6.89. The molecule has 35 heavy (non-hydrogen) atoms. The van der Waals surface area contributed by atoms with Gasteiger partial charge in [-0.05, 0) is 47.2 Å². The summed E-state index contributed by atoms with van der Waals surface area (Å²) < 4.78 is 5.54. The van der Waals surface area contributed by atoms with Crippen molar-refractivity contribution in [3.8, 4) is 11.1 Å². The number of ether oxygens (including phenoxy) is 1. The highest BCUT2D eigenvalue weighted by atomic mass is 16.5. The summed E-state index contributed by atoms with van der Waals surface area (Å²) in [6.45, 7) is 0.206. The van der Waals surface area contributed by atoms with E-state index in [1.807, 2.05) is 24.3 Å². The van der Waals surface area contributed by atoms with Gasteiger partial charge in [-0.2, -0.15) is 0 Å². The molecule has 0 unspecified atom stereocenters. The normalized spacial score (nSPS) is 15.0. The summed E-state index contributed by atoms with van der Waals surface area (Å²) in [6.07, 6.45) is 1.77. The Morgan fingerprint density at radius 3 is 2.20 bits per heavy atom. The van der Waals surface area contributed by atoms with Crippen LogP contribution >= 0.6 is 0 Å². The van der Waals surface area contributed by atoms with Crippen LogP contribution in [0.15, 0.2) is 66.9 Å². The molecule has 3 aromatic rings. The SMILES string of the molecule is CN(C(=O)Cc1ccc(NC(=O)OCC2c3ccccc3-c3ccccc32)cn1)C1(C(=O)O)CC1. The number of carboxylic acids is 1. The minimum absolute atomic E-state index is 0.0171. The van der Waals surface area contributed by atoms with Crippen molar-refractivity contribution in [2.24, 2.45) is 0 Å². The van der Waals surface area contributed by atoms with Gasteiger partial charge >= 0.3 is 12.1 Å². The largest absolute Gasteiger partial charge is 0.479 e. The minimum Gasteiger partial charge on any atom is -0.479 e. The van der Waals surface area contributed by atoms with Crippen molar-refractivity contribution < 1.29 is 24.2 Å². The van der Waals surface area contributed by atoms with E-state index in [1.54, 1.807) is 12.1 Å². The number of carbonyl (C=O) groups excluding carboxylic acids is 2. The van der Waals surface area contributed by atoms with Crippen LogP contribution in [0.5, 0.6) is 0 Å². The average Bonchev–Trinajstić information content (AvgIpc) is 3.62. The summed E-state index contributed by atoms with van der Waals surface area (Å²) >= 11 is 0. The highest BCUT2D eigenvalue weighted by molar-refractivity contribution is 5.90. The first-order valence-electron chi connectivity index (χ1n) is 11.5. The molecular formula is C27H25N3O5. The van der Waals surface area contributed by atoms with E-state index in [1.165, 1.54) is 18.1 Å². The second-order valence-corrected chi connectivity index (χ2v) is 8.96. The Morgan fingerprint density at radius 2 is 1.66 bits per heavy atom. The highest BCUT2D eigenvalue weighted by Crippen LogP contribution is 2.44. The van der Waals surface area contributed by atoms with Crippen molar-refractivity contribution >= 4 is 23.7 Å². The van der Waals surface area contributed by atoms with Crippen LogP contribution in [-0.2, 0) is 20.7 Å². The van der Waals surface area contributed by atoms with Gasteiger partial charge in [0.1, 0.15) is 12.1 Å². The van der Waals surface area contributed by atoms with Crippen LogP contribution in [0.4, 0.5) is 10.5 Å². The van der Waals surface area contributed by atoms with Crippen LogP contribution in [0.3, 0.4) is 0 Å². The van der Waals surface area contributed by atoms with Gasteiger partial charge in [0, 0.05) is 18.7 Å². The molecule has 2 amide bonds. The molecule has 0 saturated heterocycles. The third-order valence-corrected chi connectivity index (χ3v) is 6.89. The van der Waals surface area contributed by atoms with Crippen LogP contribution in [0, 0.1) is 0 Å². The molecule has 2 N–H and O–H groups in total. The Morgan fingerprint density at radius 1 is 1.03 bits per heavy atom. The first-order valence-corrected chi connectivity index (χ1v) is 11.5. The van der Waals surface area contributed by atoms with Crippen LogP contribution < -0.4 is 5.32 Å². The standard InChI is InChI=1S/C27H25N3O5/c1-30(27(12-13-27)25(32)33)24(31)14-17-10-11-18(15-28-17)29-26(34)35-16-23-21-8-4-2-6-19(21)20-7-3-5-9-22(20)23/h2-11,15,23H,12-14,16H2,1H3,(H,29,34)(H,32,33). The van der Waals surface area contributed by atoms with Crippen molar-refractivity contribution in [2.45, 2.75) is 30.7 Å². The molecule has 5 rings (SSSR count). The second kappa shape index (κ2) is 8.87. The van der Waals surface area contributed by atoms with E-state index in [4.69, 9.17) is 4.74 Å². The molecule has 0 spiro atoms. The van der Waals surface area contributed by atoms with E-state index in [0.717, 1.165) is 22.3 Å². The van der Waals surface area contributed by atoms with Crippen molar-refractivity contribution in [2.75, 3.05) is 19.0 Å². The number of aromatic nitrogens is 1. The lowest BCUT2D eigenvalue weighted by Gasteiger charge is -2.24. The minimum atomic E-state index is -1.08. The van der Waals surface area contributed by atoms with Gasteiger partial charge in [-0.15, -0.1) is 0 Å². The summed E-state index contributed by atoms with van der Waals surface area (Å²) in [6, 6.07) is 19.5. The predicted octanol–water partition coefficient (Wildman–Crippen LogP) is 4.06. The number of carboxylic acid groups (broad SMARTS) is 1. The first-order chi connectivity index (χ1) is 16.9. The number of benzene rings is 2. The quantitative estimate of drug-likeness (QED) is 0.538. The van der Waals surface area contributed by atoms with Crippen molar-refractivity contribution in [3.63, 3.8) is 0 Å². The van der Waals surface area contributed by atoms with Gasteiger partial charge in [-0.3, -0.25) is 15.1 Å². The zero-order chi connectivity index (χ0) is 24.6. The summed E-state index contributed by atoms with van der Waals surface area (Å²) in [5.74, 6) is -1.32. The number of aliphatic carboxylic acids is 1. The van der Waals surface area contributed by atoms with E-state index < -0.39 is 17.6 Å². The zero-order valence-electron chi connectivity index (χ0n) is 19.2. The first kappa shape index (κ1) is 22.6. The fourth-order valence-corrected chi connectivity index (χ4v) is 4.68. The van der Waals surface area contributed by atoms with Crippen LogP contribution in [0.1, 0.15) is 35.6 Å². The molecule has 2 aliphatic carbocycles. The molecule has 8 nitrogen and oxygen atoms in total. The lowest BCUT2D eigenvalue weighted by molar-refractivity contribution is -0.150. The van der Waals surface area contributed by atoms with Gasteiger partial charge in [0.25, 0.3) is 0 Å². The third kappa shape index (κ3) is 4.23. The molecule has 2 aliphatic rings. The Kier molecular flexibility index (Phi) is 5.72. The number of nitrogens with one attached hydrogen (secondary N) is 1. The van der Waals surface area contributed by atoms with Gasteiger partial charge < -0.3 is 14.7 Å². The lowest BCUT2D eigenvalue weighted by atomic mass is 9.98. The van der Waals surface area contributed by atoms with E-state index >= 15 is 0 Å². The van der Waals surface area contributed by atoms with E-state index in [9.17, 15) is 19.5 Å². The van der Waals surface area contributed by atoms with Crippen LogP contribution in [0.2, 0.25) is 0 Å². The van der Waals surface area contributed by atoms with Crippen molar-refractivity contribution in [1.29, 1.82) is 0 Å². The molecule has 2 aromatic carbocycles. The monoisotopic (exact) mass is 471 g/mol. The molecule has 0 aliphatic heterocycles. The average molecular weight is 472 g/mol. The number of likely N-dealkylation sites (N-methyl/N-ethyl adjacent to an activating group) is 1. The summed E-state index contributed by atoms with van der Waals surface area (Å²) in [4.78, 5) is 41.9. The number of hydrogen-bond acceptors (Lipinski definition) is 5. The summed E-state index contributed by atoms with van der Waals surface area (Å²) in [5, 5.41) is 12.0. The molecule has 1 aromatic heterocycles. The molecule has 8 heteroatoms. The van der Waals surface area contributed by atoms with Crippen molar-refractivity contribution in [3.05, 3.63) is 83.7 Å². The van der Waals surface area contributed by atoms with Gasteiger partial charge in [-0.1, -0.05) is 48.5 Å². The number of fused-ring (bicyclic) bond motifs is 3. The maximum Gasteiger partial charge on any atom is 0.411 e. The van der Waals surface area contributed by atoms with Gasteiger partial charge in [0.05, 0.1) is 18.3 Å². The molecule has 1 heterocycles. The predicted molar refractivity (Wildman–Crippen MR) is 129 cm³/mol. The summed E-state index contributed by atoms with van der Waals surface area (Å²) in [7, 11) is 1.51. The Labute approximate surface area is 202 Å². The van der Waals surface area contributed by atoms with E-state index in [0.29, 0.717) is 24.2 Å². The number of amides is 2. The van der Waals surface area contributed by atoms with Crippen LogP contribution in [0.25, 0.3) is 11.1 Å². The zero-order valence-corrected chi connectivity index (χ0v) is 19.2. The maximum atomic E-state index is 12.5. The summed E-state index contributed by atoms with van der Waals surface area (Å²) in [5.41, 5.74) is 4.44. The lowest BCUT2D eigenvalue weighted by Crippen LogP contribution is -2.45. The molecule has 1 fully saturated rings. The van der Waals surface area contributed by atoms with E-state index in [-0.39, 0.29) is 24.9 Å². The van der Waals surface area contributed by atoms with Gasteiger partial charge in [-0.25, -0.2) is 9.59 Å². The number of rotatable bonds is 7. The molecule has 1 saturated carbocycles. The van der Waals surface area contributed by atoms with Gasteiger partial charge in [0.2, 0.25) is 5.91 Å². The number of pyridine rings is 1. The van der Waals surface area contributed by atoms with E-state index in [2.05, 4.69) is 34.6 Å². The Hall–Kier alpha value is -4.20. The second-order valence-electron chi connectivity index (χ2n) is 8.96. The molecule has 0 radical (unpaired) electrons. The number of carbonyl (C=O) groups is 3. The highest BCUT2D eigenvalue weighted by Gasteiger charge is 2.55. The molecule has 178 valence electrons. The molecule has 0 atom stereocenters. The van der Waals surface area contributed by atoms with Gasteiger partial charge in [0.15, 0.2) is 0 Å². The topological polar surface area (TPSA) is 109 Å². The fourth-order valence-electron chi connectivity index (χ4n) is 4.68. The van der Waals surface area contributed by atoms with Crippen LogP contribution in [-0.4, -0.2) is 52.2 Å². The molecule has 0 bridgehead atoms.